The Morgan fingerprint density at radius 2 is 0.727 bits per heavy atom. The maximum Gasteiger partial charge on any atom is 0.141 e. The lowest BCUT2D eigenvalue weighted by molar-refractivity contribution is 0.505. The molecule has 0 N–H and O–H groups in total. The lowest BCUT2D eigenvalue weighted by atomic mass is 10.3. The first-order valence-electron chi connectivity index (χ1n) is 7.70. The number of para-hydroxylation sites is 4. The summed E-state index contributed by atoms with van der Waals surface area (Å²) in [6, 6.07) is 17.3. The smallest absolute Gasteiger partial charge is 0.141 e. The first-order chi connectivity index (χ1) is 10.6. The van der Waals surface area contributed by atoms with E-state index in [1.807, 2.05) is 0 Å². The highest BCUT2D eigenvalue weighted by Crippen LogP contribution is 2.44. The van der Waals surface area contributed by atoms with Gasteiger partial charge >= 0.3 is 0 Å². The standard InChI is InChI=1S/C18H22N4/c1-19-13-9-5-6-10-14(13)20(2)17(19)18-21(3)15-11-7-8-12-16(15)22(18)4/h5-12,17-18H,1-4H3. The van der Waals surface area contributed by atoms with Crippen molar-refractivity contribution in [2.75, 3.05) is 47.8 Å². The zero-order chi connectivity index (χ0) is 15.4. The van der Waals surface area contributed by atoms with Crippen molar-refractivity contribution < 1.29 is 0 Å². The summed E-state index contributed by atoms with van der Waals surface area (Å²) >= 11 is 0. The van der Waals surface area contributed by atoms with Crippen LogP contribution in [0.1, 0.15) is 0 Å². The molecular formula is C18H22N4. The van der Waals surface area contributed by atoms with Crippen LogP contribution < -0.4 is 19.6 Å². The van der Waals surface area contributed by atoms with Crippen molar-refractivity contribution in [1.82, 2.24) is 0 Å². The molecule has 0 aromatic heterocycles. The average Bonchev–Trinajstić information content (AvgIpc) is 2.94. The fourth-order valence-electron chi connectivity index (χ4n) is 4.01. The molecule has 4 heteroatoms. The van der Waals surface area contributed by atoms with E-state index in [1.54, 1.807) is 0 Å². The number of likely N-dealkylation sites (N-methyl/N-ethyl adjacent to an activating group) is 4. The number of benzene rings is 2. The van der Waals surface area contributed by atoms with E-state index in [0.29, 0.717) is 0 Å². The Morgan fingerprint density at radius 1 is 0.500 bits per heavy atom. The third kappa shape index (κ3) is 1.58. The van der Waals surface area contributed by atoms with Crippen molar-refractivity contribution in [3.63, 3.8) is 0 Å². The molecule has 0 unspecified atom stereocenters. The summed E-state index contributed by atoms with van der Waals surface area (Å²) in [4.78, 5) is 9.55. The summed E-state index contributed by atoms with van der Waals surface area (Å²) in [6.45, 7) is 0. The zero-order valence-electron chi connectivity index (χ0n) is 13.6. The Labute approximate surface area is 132 Å². The molecule has 0 aliphatic carbocycles. The molecule has 2 aromatic rings. The number of hydrogen-bond donors (Lipinski definition) is 0. The Morgan fingerprint density at radius 3 is 0.955 bits per heavy atom. The summed E-state index contributed by atoms with van der Waals surface area (Å²) in [5.41, 5.74) is 5.20. The number of anilines is 4. The van der Waals surface area contributed by atoms with Crippen LogP contribution in [0.3, 0.4) is 0 Å². The van der Waals surface area contributed by atoms with Crippen molar-refractivity contribution in [1.29, 1.82) is 0 Å². The molecule has 4 rings (SSSR count). The van der Waals surface area contributed by atoms with Gasteiger partial charge in [0, 0.05) is 28.2 Å². The predicted octanol–water partition coefficient (Wildman–Crippen LogP) is 2.81. The fourth-order valence-corrected chi connectivity index (χ4v) is 4.01. The van der Waals surface area contributed by atoms with E-state index < -0.39 is 0 Å². The third-order valence-corrected chi connectivity index (χ3v) is 5.14. The normalized spacial score (nSPS) is 18.2. The molecule has 0 spiro atoms. The number of hydrogen-bond acceptors (Lipinski definition) is 4. The highest BCUT2D eigenvalue weighted by atomic mass is 15.5. The van der Waals surface area contributed by atoms with E-state index >= 15 is 0 Å². The predicted molar refractivity (Wildman–Crippen MR) is 94.1 cm³/mol. The first-order valence-corrected chi connectivity index (χ1v) is 7.70. The number of fused-ring (bicyclic) bond motifs is 2. The lowest BCUT2D eigenvalue weighted by Crippen LogP contribution is -2.59. The largest absolute Gasteiger partial charge is 0.349 e. The number of nitrogens with zero attached hydrogens (tertiary/aromatic N) is 4. The van der Waals surface area contributed by atoms with Gasteiger partial charge in [-0.15, -0.1) is 0 Å². The second-order valence-electron chi connectivity index (χ2n) is 6.25. The van der Waals surface area contributed by atoms with Gasteiger partial charge in [-0.05, 0) is 24.3 Å². The van der Waals surface area contributed by atoms with Crippen LogP contribution >= 0.6 is 0 Å². The minimum Gasteiger partial charge on any atom is -0.349 e. The van der Waals surface area contributed by atoms with Gasteiger partial charge in [-0.1, -0.05) is 24.3 Å². The molecule has 0 saturated heterocycles. The Bertz CT molecular complexity index is 594. The highest BCUT2D eigenvalue weighted by molar-refractivity contribution is 5.81. The maximum absolute atomic E-state index is 2.39. The SMILES string of the molecule is CN1c2ccccc2N(C)C1C1N(C)c2ccccc2N1C. The van der Waals surface area contributed by atoms with Crippen molar-refractivity contribution in [2.24, 2.45) is 0 Å². The molecule has 0 atom stereocenters. The molecule has 2 heterocycles. The zero-order valence-corrected chi connectivity index (χ0v) is 13.6. The molecule has 22 heavy (non-hydrogen) atoms. The van der Waals surface area contributed by atoms with Crippen molar-refractivity contribution in [3.05, 3.63) is 48.5 Å². The molecule has 2 aliphatic rings. The van der Waals surface area contributed by atoms with E-state index in [1.165, 1.54) is 22.7 Å². The quantitative estimate of drug-likeness (QED) is 0.802. The van der Waals surface area contributed by atoms with Gasteiger partial charge in [0.05, 0.1) is 22.7 Å². The lowest BCUT2D eigenvalue weighted by Gasteiger charge is -2.40. The van der Waals surface area contributed by atoms with Crippen LogP contribution in [-0.4, -0.2) is 40.5 Å². The van der Waals surface area contributed by atoms with E-state index in [9.17, 15) is 0 Å². The van der Waals surface area contributed by atoms with E-state index in [4.69, 9.17) is 0 Å². The molecule has 2 aromatic carbocycles. The molecule has 0 saturated carbocycles. The summed E-state index contributed by atoms with van der Waals surface area (Å²) < 4.78 is 0. The van der Waals surface area contributed by atoms with Crippen LogP contribution in [0.25, 0.3) is 0 Å². The third-order valence-electron chi connectivity index (χ3n) is 5.14. The summed E-state index contributed by atoms with van der Waals surface area (Å²) in [5, 5.41) is 0. The van der Waals surface area contributed by atoms with Crippen LogP contribution in [0.4, 0.5) is 22.7 Å². The fraction of sp³-hybridized carbons (Fsp3) is 0.333. The van der Waals surface area contributed by atoms with E-state index in [0.717, 1.165) is 0 Å². The van der Waals surface area contributed by atoms with Gasteiger partial charge in [0.1, 0.15) is 12.3 Å². The van der Waals surface area contributed by atoms with Gasteiger partial charge in [-0.25, -0.2) is 0 Å². The van der Waals surface area contributed by atoms with Crippen molar-refractivity contribution in [2.45, 2.75) is 12.3 Å². The second-order valence-corrected chi connectivity index (χ2v) is 6.25. The molecule has 0 amide bonds. The van der Waals surface area contributed by atoms with Crippen molar-refractivity contribution in [3.8, 4) is 0 Å². The molecule has 114 valence electrons. The first kappa shape index (κ1) is 13.3. The maximum atomic E-state index is 2.39. The Balaban J connectivity index is 1.76. The van der Waals surface area contributed by atoms with E-state index in [-0.39, 0.29) is 12.3 Å². The molecular weight excluding hydrogens is 272 g/mol. The molecule has 0 radical (unpaired) electrons. The van der Waals surface area contributed by atoms with Gasteiger partial charge in [0.2, 0.25) is 0 Å². The van der Waals surface area contributed by atoms with Gasteiger partial charge in [0.15, 0.2) is 0 Å². The van der Waals surface area contributed by atoms with Crippen LogP contribution in [-0.2, 0) is 0 Å². The highest BCUT2D eigenvalue weighted by Gasteiger charge is 2.44. The van der Waals surface area contributed by atoms with Gasteiger partial charge in [0.25, 0.3) is 0 Å². The number of rotatable bonds is 1. The Kier molecular flexibility index (Phi) is 2.76. The van der Waals surface area contributed by atoms with Crippen LogP contribution in [0.15, 0.2) is 48.5 Å². The molecule has 2 aliphatic heterocycles. The molecule has 0 bridgehead atoms. The molecule has 4 nitrogen and oxygen atoms in total. The summed E-state index contributed by atoms with van der Waals surface area (Å²) in [5.74, 6) is 0. The van der Waals surface area contributed by atoms with Crippen LogP contribution in [0, 0.1) is 0 Å². The van der Waals surface area contributed by atoms with Gasteiger partial charge in [-0.2, -0.15) is 0 Å². The minimum absolute atomic E-state index is 0.278. The topological polar surface area (TPSA) is 13.0 Å². The van der Waals surface area contributed by atoms with E-state index in [2.05, 4.69) is 96.3 Å². The second kappa shape index (κ2) is 4.57. The van der Waals surface area contributed by atoms with Crippen molar-refractivity contribution >= 4 is 22.7 Å². The van der Waals surface area contributed by atoms with Crippen LogP contribution in [0.5, 0.6) is 0 Å². The van der Waals surface area contributed by atoms with Gasteiger partial charge < -0.3 is 19.6 Å². The minimum atomic E-state index is 0.278. The Hall–Kier alpha value is -2.36. The monoisotopic (exact) mass is 294 g/mol. The summed E-state index contributed by atoms with van der Waals surface area (Å²) in [7, 11) is 8.77. The average molecular weight is 294 g/mol. The van der Waals surface area contributed by atoms with Crippen LogP contribution in [0.2, 0.25) is 0 Å². The van der Waals surface area contributed by atoms with Gasteiger partial charge in [-0.3, -0.25) is 0 Å². The molecule has 0 fully saturated rings. The summed E-state index contributed by atoms with van der Waals surface area (Å²) in [6.07, 6.45) is 0.555.